The molecule has 4 aliphatic rings. The molecule has 0 aliphatic carbocycles. The quantitative estimate of drug-likeness (QED) is 0.771. The van der Waals surface area contributed by atoms with E-state index in [2.05, 4.69) is 14.7 Å². The summed E-state index contributed by atoms with van der Waals surface area (Å²) in [6.07, 6.45) is 3.12. The molecule has 0 aromatic heterocycles. The van der Waals surface area contributed by atoms with Gasteiger partial charge in [0.15, 0.2) is 0 Å². The number of ether oxygens (including phenoxy) is 2. The molecule has 31 heavy (non-hydrogen) atoms. The standard InChI is InChI=1S/C23H32FN3O4/c24-17-1-3-18(4-2-17)26-9-7-23(29,8-10-26)16-25-13-20-21(14-25)31-15-22(28)27(20)19-5-11-30-12-6-19/h1-4,19-21,29H,5-16H2/t20-,21-/m0/s1. The highest BCUT2D eigenvalue weighted by Crippen LogP contribution is 2.32. The number of likely N-dealkylation sites (tertiary alicyclic amines) is 1. The molecule has 1 N–H and O–H groups in total. The number of hydrogen-bond acceptors (Lipinski definition) is 6. The first-order valence-electron chi connectivity index (χ1n) is 11.5. The molecule has 170 valence electrons. The fourth-order valence-electron chi connectivity index (χ4n) is 5.68. The first-order valence-corrected chi connectivity index (χ1v) is 11.5. The van der Waals surface area contributed by atoms with E-state index in [0.717, 1.165) is 44.7 Å². The van der Waals surface area contributed by atoms with Crippen LogP contribution in [-0.4, -0.2) is 97.1 Å². The van der Waals surface area contributed by atoms with Gasteiger partial charge in [-0.15, -0.1) is 0 Å². The van der Waals surface area contributed by atoms with Crippen molar-refractivity contribution in [3.8, 4) is 0 Å². The van der Waals surface area contributed by atoms with Crippen LogP contribution in [-0.2, 0) is 14.3 Å². The average molecular weight is 434 g/mol. The van der Waals surface area contributed by atoms with Gasteiger partial charge in [-0.2, -0.15) is 0 Å². The van der Waals surface area contributed by atoms with Crippen molar-refractivity contribution in [2.45, 2.75) is 49.5 Å². The number of aliphatic hydroxyl groups is 1. The maximum Gasteiger partial charge on any atom is 0.249 e. The van der Waals surface area contributed by atoms with Gasteiger partial charge in [0.25, 0.3) is 0 Å². The predicted molar refractivity (Wildman–Crippen MR) is 113 cm³/mol. The van der Waals surface area contributed by atoms with Gasteiger partial charge < -0.3 is 24.4 Å². The summed E-state index contributed by atoms with van der Waals surface area (Å²) in [7, 11) is 0. The summed E-state index contributed by atoms with van der Waals surface area (Å²) >= 11 is 0. The van der Waals surface area contributed by atoms with Crippen molar-refractivity contribution >= 4 is 11.6 Å². The summed E-state index contributed by atoms with van der Waals surface area (Å²) in [5, 5.41) is 11.3. The van der Waals surface area contributed by atoms with Crippen LogP contribution >= 0.6 is 0 Å². The maximum absolute atomic E-state index is 13.2. The predicted octanol–water partition coefficient (Wildman–Crippen LogP) is 1.25. The fraction of sp³-hybridized carbons (Fsp3) is 0.696. The lowest BCUT2D eigenvalue weighted by molar-refractivity contribution is -0.159. The van der Waals surface area contributed by atoms with Gasteiger partial charge in [-0.3, -0.25) is 9.69 Å². The molecule has 1 amide bonds. The summed E-state index contributed by atoms with van der Waals surface area (Å²) in [4.78, 5) is 19.2. The Morgan fingerprint density at radius 2 is 1.81 bits per heavy atom. The number of morpholine rings is 1. The van der Waals surface area contributed by atoms with Gasteiger partial charge in [-0.25, -0.2) is 4.39 Å². The Hall–Kier alpha value is -1.74. The molecular formula is C23H32FN3O4. The highest BCUT2D eigenvalue weighted by Gasteiger charge is 2.47. The van der Waals surface area contributed by atoms with E-state index in [4.69, 9.17) is 9.47 Å². The van der Waals surface area contributed by atoms with E-state index in [1.165, 1.54) is 12.1 Å². The number of halogens is 1. The molecule has 2 atom stereocenters. The molecule has 0 saturated carbocycles. The molecular weight excluding hydrogens is 401 g/mol. The molecule has 0 unspecified atom stereocenters. The molecule has 1 aromatic carbocycles. The van der Waals surface area contributed by atoms with Crippen molar-refractivity contribution in [1.82, 2.24) is 9.80 Å². The Balaban J connectivity index is 1.19. The molecule has 4 saturated heterocycles. The van der Waals surface area contributed by atoms with Gasteiger partial charge in [0.1, 0.15) is 12.4 Å². The number of β-amino-alcohol motifs (C(OH)–C–C–N with tert-alkyl or cyclic N) is 1. The van der Waals surface area contributed by atoms with E-state index < -0.39 is 5.60 Å². The van der Waals surface area contributed by atoms with E-state index in [1.54, 1.807) is 12.1 Å². The second-order valence-electron chi connectivity index (χ2n) is 9.44. The summed E-state index contributed by atoms with van der Waals surface area (Å²) in [5.41, 5.74) is 0.243. The van der Waals surface area contributed by atoms with Gasteiger partial charge in [0, 0.05) is 57.7 Å². The number of carbonyl (C=O) groups is 1. The molecule has 4 heterocycles. The number of anilines is 1. The molecule has 7 nitrogen and oxygen atoms in total. The first kappa shape index (κ1) is 21.1. The van der Waals surface area contributed by atoms with Gasteiger partial charge in [-0.1, -0.05) is 0 Å². The third-order valence-electron chi connectivity index (χ3n) is 7.37. The lowest BCUT2D eigenvalue weighted by Gasteiger charge is -2.43. The van der Waals surface area contributed by atoms with Crippen molar-refractivity contribution in [3.63, 3.8) is 0 Å². The monoisotopic (exact) mass is 433 g/mol. The summed E-state index contributed by atoms with van der Waals surface area (Å²) in [6.45, 7) is 5.15. The molecule has 1 aromatic rings. The minimum atomic E-state index is -0.752. The van der Waals surface area contributed by atoms with E-state index in [1.807, 2.05) is 0 Å². The summed E-state index contributed by atoms with van der Waals surface area (Å²) < 4.78 is 24.6. The largest absolute Gasteiger partial charge is 0.388 e. The van der Waals surface area contributed by atoms with Crippen LogP contribution in [0.15, 0.2) is 24.3 Å². The van der Waals surface area contributed by atoms with Crippen LogP contribution < -0.4 is 4.90 Å². The molecule has 0 radical (unpaired) electrons. The van der Waals surface area contributed by atoms with E-state index in [9.17, 15) is 14.3 Å². The number of carbonyl (C=O) groups excluding carboxylic acids is 1. The average Bonchev–Trinajstić information content (AvgIpc) is 3.17. The van der Waals surface area contributed by atoms with Crippen LogP contribution in [0.25, 0.3) is 0 Å². The third kappa shape index (κ3) is 4.44. The molecule has 8 heteroatoms. The third-order valence-corrected chi connectivity index (χ3v) is 7.37. The Bertz CT molecular complexity index is 778. The molecule has 4 fully saturated rings. The number of rotatable bonds is 4. The number of benzene rings is 1. The number of fused-ring (bicyclic) bond motifs is 1. The van der Waals surface area contributed by atoms with E-state index in [0.29, 0.717) is 32.6 Å². The van der Waals surface area contributed by atoms with Crippen molar-refractivity contribution in [2.24, 2.45) is 0 Å². The summed E-state index contributed by atoms with van der Waals surface area (Å²) in [5.74, 6) is -0.149. The van der Waals surface area contributed by atoms with Crippen molar-refractivity contribution in [1.29, 1.82) is 0 Å². The van der Waals surface area contributed by atoms with Crippen molar-refractivity contribution < 1.29 is 23.8 Å². The summed E-state index contributed by atoms with van der Waals surface area (Å²) in [6, 6.07) is 6.85. The number of amides is 1. The number of hydrogen-bond donors (Lipinski definition) is 1. The van der Waals surface area contributed by atoms with Crippen LogP contribution in [0.2, 0.25) is 0 Å². The van der Waals surface area contributed by atoms with Crippen LogP contribution in [0.1, 0.15) is 25.7 Å². The van der Waals surface area contributed by atoms with E-state index in [-0.39, 0.29) is 36.5 Å². The molecule has 4 aliphatic heterocycles. The van der Waals surface area contributed by atoms with Gasteiger partial charge in [-0.05, 0) is 49.9 Å². The van der Waals surface area contributed by atoms with Crippen LogP contribution in [0.5, 0.6) is 0 Å². The first-order chi connectivity index (χ1) is 15.0. The lowest BCUT2D eigenvalue weighted by atomic mass is 9.90. The lowest BCUT2D eigenvalue weighted by Crippen LogP contribution is -2.59. The Morgan fingerprint density at radius 3 is 2.52 bits per heavy atom. The molecule has 5 rings (SSSR count). The zero-order valence-electron chi connectivity index (χ0n) is 17.9. The minimum absolute atomic E-state index is 0.0171. The fourth-order valence-corrected chi connectivity index (χ4v) is 5.68. The van der Waals surface area contributed by atoms with Crippen LogP contribution in [0.4, 0.5) is 10.1 Å². The van der Waals surface area contributed by atoms with Gasteiger partial charge in [0.05, 0.1) is 17.7 Å². The maximum atomic E-state index is 13.2. The second-order valence-corrected chi connectivity index (χ2v) is 9.44. The Kier molecular flexibility index (Phi) is 5.90. The zero-order valence-corrected chi connectivity index (χ0v) is 17.9. The number of piperidine rings is 1. The van der Waals surface area contributed by atoms with Crippen molar-refractivity contribution in [2.75, 3.05) is 57.4 Å². The smallest absolute Gasteiger partial charge is 0.249 e. The van der Waals surface area contributed by atoms with Crippen LogP contribution in [0.3, 0.4) is 0 Å². The molecule has 0 spiro atoms. The second kappa shape index (κ2) is 8.65. The minimum Gasteiger partial charge on any atom is -0.388 e. The zero-order chi connectivity index (χ0) is 21.4. The Labute approximate surface area is 182 Å². The van der Waals surface area contributed by atoms with Gasteiger partial charge >= 0.3 is 0 Å². The number of nitrogens with zero attached hydrogens (tertiary/aromatic N) is 3. The van der Waals surface area contributed by atoms with Gasteiger partial charge in [0.2, 0.25) is 5.91 Å². The highest BCUT2D eigenvalue weighted by atomic mass is 19.1. The molecule has 0 bridgehead atoms. The topological polar surface area (TPSA) is 65.5 Å². The highest BCUT2D eigenvalue weighted by molar-refractivity contribution is 5.79. The SMILES string of the molecule is O=C1CO[C@H]2CN(CC3(O)CCN(c4ccc(F)cc4)CC3)C[C@@H]2N1C1CCOCC1. The normalized spacial score (nSPS) is 29.9. The van der Waals surface area contributed by atoms with E-state index >= 15 is 0 Å². The van der Waals surface area contributed by atoms with Crippen molar-refractivity contribution in [3.05, 3.63) is 30.1 Å². The Morgan fingerprint density at radius 1 is 1.10 bits per heavy atom. The van der Waals surface area contributed by atoms with Crippen LogP contribution in [0, 0.1) is 5.82 Å².